The zero-order valence-corrected chi connectivity index (χ0v) is 13.3. The fourth-order valence-electron chi connectivity index (χ4n) is 1.86. The van der Waals surface area contributed by atoms with Crippen molar-refractivity contribution in [2.45, 2.75) is 10.9 Å². The first-order chi connectivity index (χ1) is 10.8. The van der Waals surface area contributed by atoms with E-state index in [1.807, 2.05) is 48.5 Å². The molecule has 0 aliphatic carbocycles. The minimum atomic E-state index is 0.489. The molecule has 1 heterocycles. The van der Waals surface area contributed by atoms with E-state index in [0.29, 0.717) is 4.77 Å². The van der Waals surface area contributed by atoms with Crippen molar-refractivity contribution in [1.82, 2.24) is 14.9 Å². The predicted molar refractivity (Wildman–Crippen MR) is 92.8 cm³/mol. The average molecular weight is 326 g/mol. The van der Waals surface area contributed by atoms with Gasteiger partial charge >= 0.3 is 0 Å². The molecule has 22 heavy (non-hydrogen) atoms. The third-order valence-electron chi connectivity index (χ3n) is 2.95. The van der Waals surface area contributed by atoms with Crippen molar-refractivity contribution in [3.05, 3.63) is 76.6 Å². The summed E-state index contributed by atoms with van der Waals surface area (Å²) in [5, 5.41) is 12.2. The molecule has 0 saturated heterocycles. The van der Waals surface area contributed by atoms with Gasteiger partial charge in [-0.05, 0) is 23.3 Å². The van der Waals surface area contributed by atoms with E-state index in [1.54, 1.807) is 22.7 Å². The number of rotatable bonds is 5. The van der Waals surface area contributed by atoms with Crippen LogP contribution in [0.4, 0.5) is 0 Å². The molecule has 0 bridgehead atoms. The zero-order chi connectivity index (χ0) is 15.2. The molecule has 0 aliphatic rings. The van der Waals surface area contributed by atoms with Crippen molar-refractivity contribution in [2.24, 2.45) is 5.10 Å². The van der Waals surface area contributed by atoms with Gasteiger partial charge in [-0.3, -0.25) is 0 Å². The highest BCUT2D eigenvalue weighted by Gasteiger charge is 2.06. The molecule has 0 saturated carbocycles. The minimum absolute atomic E-state index is 0.489. The van der Waals surface area contributed by atoms with E-state index >= 15 is 0 Å². The third-order valence-corrected chi connectivity index (χ3v) is 4.22. The number of thioether (sulfide) groups is 1. The highest BCUT2D eigenvalue weighted by atomic mass is 32.2. The van der Waals surface area contributed by atoms with Gasteiger partial charge in [0.25, 0.3) is 0 Å². The Labute approximate surface area is 137 Å². The van der Waals surface area contributed by atoms with Crippen LogP contribution < -0.4 is 0 Å². The van der Waals surface area contributed by atoms with E-state index in [9.17, 15) is 0 Å². The molecule has 110 valence electrons. The first-order valence-corrected chi connectivity index (χ1v) is 8.16. The monoisotopic (exact) mass is 326 g/mol. The molecule has 0 fully saturated rings. The van der Waals surface area contributed by atoms with Crippen LogP contribution in [0.3, 0.4) is 0 Å². The highest BCUT2D eigenvalue weighted by molar-refractivity contribution is 7.98. The van der Waals surface area contributed by atoms with Crippen LogP contribution >= 0.6 is 24.0 Å². The summed E-state index contributed by atoms with van der Waals surface area (Å²) in [6.45, 7) is 0. The van der Waals surface area contributed by atoms with E-state index in [1.165, 1.54) is 5.56 Å². The number of hydrogen-bond acceptors (Lipinski definition) is 4. The summed E-state index contributed by atoms with van der Waals surface area (Å²) in [4.78, 5) is 0. The van der Waals surface area contributed by atoms with Crippen LogP contribution in [-0.4, -0.2) is 21.1 Å². The smallest absolute Gasteiger partial charge is 0.217 e. The summed E-state index contributed by atoms with van der Waals surface area (Å²) in [7, 11) is 0. The van der Waals surface area contributed by atoms with Gasteiger partial charge in [-0.2, -0.15) is 9.78 Å². The lowest BCUT2D eigenvalue weighted by Gasteiger charge is -2.01. The van der Waals surface area contributed by atoms with Gasteiger partial charge in [-0.1, -0.05) is 72.4 Å². The number of nitrogens with one attached hydrogen (secondary N) is 1. The van der Waals surface area contributed by atoms with Gasteiger partial charge in [0.2, 0.25) is 9.93 Å². The number of H-pyrrole nitrogens is 1. The SMILES string of the molecule is S=c1[nH]nc(SCc2ccccc2)n1/N=C\c1ccccc1. The molecule has 0 amide bonds. The molecule has 1 N–H and O–H groups in total. The van der Waals surface area contributed by atoms with Crippen LogP contribution in [0, 0.1) is 4.77 Å². The lowest BCUT2D eigenvalue weighted by Crippen LogP contribution is -1.94. The maximum absolute atomic E-state index is 5.24. The molecule has 0 radical (unpaired) electrons. The summed E-state index contributed by atoms with van der Waals surface area (Å²) in [5.41, 5.74) is 2.25. The maximum Gasteiger partial charge on any atom is 0.217 e. The number of nitrogens with zero attached hydrogens (tertiary/aromatic N) is 3. The standard InChI is InChI=1S/C16H14N4S2/c21-15-18-19-16(22-12-14-9-5-2-6-10-14)20(15)17-11-13-7-3-1-4-8-13/h1-11H,12H2,(H,18,21)/b17-11-. The summed E-state index contributed by atoms with van der Waals surface area (Å²) in [6, 6.07) is 20.1. The van der Waals surface area contributed by atoms with Crippen LogP contribution in [0.2, 0.25) is 0 Å². The highest BCUT2D eigenvalue weighted by Crippen LogP contribution is 2.20. The van der Waals surface area contributed by atoms with Crippen molar-refractivity contribution in [1.29, 1.82) is 0 Å². The molecular weight excluding hydrogens is 312 g/mol. The van der Waals surface area contributed by atoms with Crippen molar-refractivity contribution in [3.63, 3.8) is 0 Å². The summed E-state index contributed by atoms with van der Waals surface area (Å²) >= 11 is 6.83. The Bertz CT molecular complexity index is 807. The number of aromatic amines is 1. The predicted octanol–water partition coefficient (Wildman–Crippen LogP) is 4.12. The van der Waals surface area contributed by atoms with Gasteiger partial charge in [0, 0.05) is 5.75 Å². The molecule has 6 heteroatoms. The number of hydrogen-bond donors (Lipinski definition) is 1. The Kier molecular flexibility index (Phi) is 4.82. The second kappa shape index (κ2) is 7.20. The van der Waals surface area contributed by atoms with E-state index in [2.05, 4.69) is 27.4 Å². The summed E-state index contributed by atoms with van der Waals surface area (Å²) < 4.78 is 2.14. The van der Waals surface area contributed by atoms with Crippen LogP contribution in [-0.2, 0) is 5.75 Å². The molecule has 4 nitrogen and oxygen atoms in total. The van der Waals surface area contributed by atoms with Gasteiger partial charge in [0.1, 0.15) is 0 Å². The quantitative estimate of drug-likeness (QED) is 0.436. The molecular formula is C16H14N4S2. The van der Waals surface area contributed by atoms with Crippen LogP contribution in [0.15, 0.2) is 70.9 Å². The summed E-state index contributed by atoms with van der Waals surface area (Å²) in [6.07, 6.45) is 1.78. The molecule has 0 spiro atoms. The Morgan fingerprint density at radius 1 is 1.09 bits per heavy atom. The van der Waals surface area contributed by atoms with Gasteiger partial charge < -0.3 is 0 Å². The molecule has 0 atom stereocenters. The minimum Gasteiger partial charge on any atom is -0.249 e. The number of aromatic nitrogens is 3. The molecule has 2 aromatic carbocycles. The molecule has 3 rings (SSSR count). The first kappa shape index (κ1) is 14.7. The van der Waals surface area contributed by atoms with E-state index in [4.69, 9.17) is 12.2 Å². The molecule has 0 unspecified atom stereocenters. The van der Waals surface area contributed by atoms with E-state index in [-0.39, 0.29) is 0 Å². The first-order valence-electron chi connectivity index (χ1n) is 6.76. The fourth-order valence-corrected chi connectivity index (χ4v) is 2.95. The third kappa shape index (κ3) is 3.72. The number of benzene rings is 2. The Balaban J connectivity index is 1.76. The van der Waals surface area contributed by atoms with Crippen molar-refractivity contribution in [3.8, 4) is 0 Å². The van der Waals surface area contributed by atoms with Crippen molar-refractivity contribution >= 4 is 30.2 Å². The molecule has 1 aromatic heterocycles. The largest absolute Gasteiger partial charge is 0.249 e. The fraction of sp³-hybridized carbons (Fsp3) is 0.0625. The van der Waals surface area contributed by atoms with E-state index < -0.39 is 0 Å². The lowest BCUT2D eigenvalue weighted by atomic mass is 10.2. The van der Waals surface area contributed by atoms with Gasteiger partial charge in [0.15, 0.2) is 0 Å². The Morgan fingerprint density at radius 3 is 2.50 bits per heavy atom. The lowest BCUT2D eigenvalue weighted by molar-refractivity contribution is 0.759. The van der Waals surface area contributed by atoms with Gasteiger partial charge in [-0.25, -0.2) is 5.10 Å². The normalized spacial score (nSPS) is 11.1. The second-order valence-corrected chi connectivity index (χ2v) is 5.88. The second-order valence-electron chi connectivity index (χ2n) is 4.55. The van der Waals surface area contributed by atoms with Crippen LogP contribution in [0.25, 0.3) is 0 Å². The average Bonchev–Trinajstić information content (AvgIpc) is 2.93. The van der Waals surface area contributed by atoms with Crippen molar-refractivity contribution in [2.75, 3.05) is 0 Å². The van der Waals surface area contributed by atoms with Gasteiger partial charge in [-0.15, -0.1) is 5.10 Å². The molecule has 3 aromatic rings. The van der Waals surface area contributed by atoms with E-state index in [0.717, 1.165) is 16.5 Å². The van der Waals surface area contributed by atoms with Gasteiger partial charge in [0.05, 0.1) is 6.21 Å². The Hall–Kier alpha value is -2.18. The molecule has 0 aliphatic heterocycles. The Morgan fingerprint density at radius 2 is 1.77 bits per heavy atom. The maximum atomic E-state index is 5.24. The van der Waals surface area contributed by atoms with Crippen molar-refractivity contribution < 1.29 is 0 Å². The topological polar surface area (TPSA) is 46.0 Å². The van der Waals surface area contributed by atoms with Crippen LogP contribution in [0.5, 0.6) is 0 Å². The zero-order valence-electron chi connectivity index (χ0n) is 11.7. The summed E-state index contributed by atoms with van der Waals surface area (Å²) in [5.74, 6) is 0.821. The van der Waals surface area contributed by atoms with Crippen LogP contribution in [0.1, 0.15) is 11.1 Å².